The lowest BCUT2D eigenvalue weighted by Crippen LogP contribution is -2.23. The molecule has 1 unspecified atom stereocenters. The number of ether oxygens (including phenoxy) is 1. The van der Waals surface area contributed by atoms with Crippen molar-refractivity contribution in [1.29, 1.82) is 0 Å². The fourth-order valence-electron chi connectivity index (χ4n) is 1.74. The Balaban J connectivity index is 1.92. The van der Waals surface area contributed by atoms with Gasteiger partial charge in [-0.05, 0) is 24.0 Å². The van der Waals surface area contributed by atoms with Crippen molar-refractivity contribution in [2.75, 3.05) is 13.7 Å². The van der Waals surface area contributed by atoms with Crippen LogP contribution in [0.5, 0.6) is 0 Å². The second kappa shape index (κ2) is 5.43. The van der Waals surface area contributed by atoms with Crippen LogP contribution in [0.15, 0.2) is 24.3 Å². The smallest absolute Gasteiger partial charge is 0.0914 e. The van der Waals surface area contributed by atoms with Crippen LogP contribution in [0.3, 0.4) is 0 Å². The van der Waals surface area contributed by atoms with E-state index in [9.17, 15) is 5.11 Å². The van der Waals surface area contributed by atoms with Crippen molar-refractivity contribution in [1.82, 2.24) is 5.32 Å². The highest BCUT2D eigenvalue weighted by atomic mass is 16.5. The molecular formula is C13H19NO2. The Kier molecular flexibility index (Phi) is 3.93. The van der Waals surface area contributed by atoms with Gasteiger partial charge in [-0.1, -0.05) is 24.3 Å². The first-order valence-electron chi connectivity index (χ1n) is 5.79. The Morgan fingerprint density at radius 3 is 3.00 bits per heavy atom. The van der Waals surface area contributed by atoms with Gasteiger partial charge >= 0.3 is 0 Å². The summed E-state index contributed by atoms with van der Waals surface area (Å²) in [6.07, 6.45) is 2.07. The topological polar surface area (TPSA) is 41.5 Å². The molecule has 2 rings (SSSR count). The summed E-state index contributed by atoms with van der Waals surface area (Å²) in [5.74, 6) is 0. The molecular weight excluding hydrogens is 202 g/mol. The van der Waals surface area contributed by atoms with Gasteiger partial charge in [0.25, 0.3) is 0 Å². The molecule has 3 nitrogen and oxygen atoms in total. The number of methoxy groups -OCH3 is 1. The third-order valence-electron chi connectivity index (χ3n) is 2.82. The van der Waals surface area contributed by atoms with E-state index in [0.29, 0.717) is 19.2 Å². The fourth-order valence-corrected chi connectivity index (χ4v) is 1.74. The van der Waals surface area contributed by atoms with E-state index in [1.165, 1.54) is 12.8 Å². The average molecular weight is 221 g/mol. The Morgan fingerprint density at radius 2 is 2.31 bits per heavy atom. The van der Waals surface area contributed by atoms with E-state index in [4.69, 9.17) is 4.74 Å². The van der Waals surface area contributed by atoms with Crippen molar-refractivity contribution in [3.05, 3.63) is 35.4 Å². The Labute approximate surface area is 96.4 Å². The van der Waals surface area contributed by atoms with Crippen molar-refractivity contribution >= 4 is 0 Å². The largest absolute Gasteiger partial charge is 0.387 e. The number of hydrogen-bond donors (Lipinski definition) is 2. The van der Waals surface area contributed by atoms with Gasteiger partial charge in [0, 0.05) is 19.7 Å². The van der Waals surface area contributed by atoms with Crippen molar-refractivity contribution in [2.24, 2.45) is 0 Å². The average Bonchev–Trinajstić information content (AvgIpc) is 3.10. The lowest BCUT2D eigenvalue weighted by Gasteiger charge is -2.12. The number of nitrogens with one attached hydrogen (secondary N) is 1. The summed E-state index contributed by atoms with van der Waals surface area (Å²) in [5.41, 5.74) is 2.06. The Hall–Kier alpha value is -0.900. The van der Waals surface area contributed by atoms with E-state index >= 15 is 0 Å². The standard InChI is InChI=1S/C13H19NO2/c1-16-9-10-3-2-4-11(7-10)13(15)8-14-12-5-6-12/h2-4,7,12-15H,5-6,8-9H2,1H3. The first-order valence-corrected chi connectivity index (χ1v) is 5.79. The molecule has 1 aliphatic carbocycles. The molecule has 1 aromatic carbocycles. The third kappa shape index (κ3) is 3.30. The Bertz CT molecular complexity index is 336. The van der Waals surface area contributed by atoms with Gasteiger partial charge in [-0.2, -0.15) is 0 Å². The van der Waals surface area contributed by atoms with E-state index in [1.54, 1.807) is 7.11 Å². The number of rotatable bonds is 6. The molecule has 2 N–H and O–H groups in total. The normalized spacial score (nSPS) is 17.4. The summed E-state index contributed by atoms with van der Waals surface area (Å²) < 4.78 is 5.07. The molecule has 1 atom stereocenters. The molecule has 0 bridgehead atoms. The molecule has 1 saturated carbocycles. The molecule has 88 valence electrons. The van der Waals surface area contributed by atoms with Gasteiger partial charge in [-0.3, -0.25) is 0 Å². The molecule has 1 aliphatic rings. The lowest BCUT2D eigenvalue weighted by atomic mass is 10.1. The Morgan fingerprint density at radius 1 is 1.50 bits per heavy atom. The summed E-state index contributed by atoms with van der Waals surface area (Å²) >= 11 is 0. The van der Waals surface area contributed by atoms with Gasteiger partial charge in [0.1, 0.15) is 0 Å². The van der Waals surface area contributed by atoms with Crippen molar-refractivity contribution in [3.63, 3.8) is 0 Å². The van der Waals surface area contributed by atoms with E-state index in [2.05, 4.69) is 5.32 Å². The zero-order chi connectivity index (χ0) is 11.4. The van der Waals surface area contributed by atoms with Gasteiger partial charge in [0.05, 0.1) is 12.7 Å². The molecule has 0 radical (unpaired) electrons. The van der Waals surface area contributed by atoms with Gasteiger partial charge < -0.3 is 15.2 Å². The number of aliphatic hydroxyl groups is 1. The van der Waals surface area contributed by atoms with Crippen LogP contribution in [-0.2, 0) is 11.3 Å². The van der Waals surface area contributed by atoms with Crippen LogP contribution in [0.4, 0.5) is 0 Å². The predicted molar refractivity (Wildman–Crippen MR) is 63.1 cm³/mol. The molecule has 0 heterocycles. The van der Waals surface area contributed by atoms with Gasteiger partial charge in [-0.15, -0.1) is 0 Å². The van der Waals surface area contributed by atoms with E-state index < -0.39 is 6.10 Å². The summed E-state index contributed by atoms with van der Waals surface area (Å²) in [6.45, 7) is 1.23. The first kappa shape index (κ1) is 11.6. The van der Waals surface area contributed by atoms with E-state index in [-0.39, 0.29) is 0 Å². The minimum absolute atomic E-state index is 0.419. The predicted octanol–water partition coefficient (Wildman–Crippen LogP) is 1.62. The molecule has 0 aromatic heterocycles. The maximum absolute atomic E-state index is 9.99. The maximum Gasteiger partial charge on any atom is 0.0914 e. The van der Waals surface area contributed by atoms with Crippen LogP contribution in [-0.4, -0.2) is 24.8 Å². The van der Waals surface area contributed by atoms with Crippen molar-refractivity contribution in [2.45, 2.75) is 31.6 Å². The highest BCUT2D eigenvalue weighted by Gasteiger charge is 2.21. The van der Waals surface area contributed by atoms with Crippen molar-refractivity contribution < 1.29 is 9.84 Å². The third-order valence-corrected chi connectivity index (χ3v) is 2.82. The minimum atomic E-state index is -0.419. The molecule has 1 aromatic rings. The highest BCUT2D eigenvalue weighted by molar-refractivity contribution is 5.25. The van der Waals surface area contributed by atoms with Gasteiger partial charge in [-0.25, -0.2) is 0 Å². The van der Waals surface area contributed by atoms with Crippen LogP contribution in [0.1, 0.15) is 30.1 Å². The molecule has 3 heteroatoms. The molecule has 0 spiro atoms. The molecule has 0 saturated heterocycles. The fraction of sp³-hybridized carbons (Fsp3) is 0.538. The summed E-state index contributed by atoms with van der Waals surface area (Å²) in [4.78, 5) is 0. The molecule has 1 fully saturated rings. The number of benzene rings is 1. The van der Waals surface area contributed by atoms with Crippen LogP contribution < -0.4 is 5.32 Å². The lowest BCUT2D eigenvalue weighted by molar-refractivity contribution is 0.172. The number of aliphatic hydroxyl groups excluding tert-OH is 1. The number of hydrogen-bond acceptors (Lipinski definition) is 3. The first-order chi connectivity index (χ1) is 7.79. The quantitative estimate of drug-likeness (QED) is 0.767. The monoisotopic (exact) mass is 221 g/mol. The minimum Gasteiger partial charge on any atom is -0.387 e. The second-order valence-corrected chi connectivity index (χ2v) is 4.38. The zero-order valence-electron chi connectivity index (χ0n) is 9.65. The summed E-state index contributed by atoms with van der Waals surface area (Å²) in [5, 5.41) is 13.3. The second-order valence-electron chi connectivity index (χ2n) is 4.38. The zero-order valence-corrected chi connectivity index (χ0v) is 9.65. The maximum atomic E-state index is 9.99. The molecule has 0 amide bonds. The van der Waals surface area contributed by atoms with Crippen LogP contribution in [0.25, 0.3) is 0 Å². The van der Waals surface area contributed by atoms with E-state index in [1.807, 2.05) is 24.3 Å². The van der Waals surface area contributed by atoms with Crippen LogP contribution in [0.2, 0.25) is 0 Å². The molecule has 16 heavy (non-hydrogen) atoms. The van der Waals surface area contributed by atoms with Crippen LogP contribution in [0, 0.1) is 0 Å². The van der Waals surface area contributed by atoms with Crippen molar-refractivity contribution in [3.8, 4) is 0 Å². The summed E-state index contributed by atoms with van der Waals surface area (Å²) in [7, 11) is 1.68. The van der Waals surface area contributed by atoms with Gasteiger partial charge in [0.2, 0.25) is 0 Å². The summed E-state index contributed by atoms with van der Waals surface area (Å²) in [6, 6.07) is 8.57. The van der Waals surface area contributed by atoms with Gasteiger partial charge in [0.15, 0.2) is 0 Å². The van der Waals surface area contributed by atoms with E-state index in [0.717, 1.165) is 11.1 Å². The highest BCUT2D eigenvalue weighted by Crippen LogP contribution is 2.20. The van der Waals surface area contributed by atoms with Crippen LogP contribution >= 0.6 is 0 Å². The molecule has 0 aliphatic heterocycles. The SMILES string of the molecule is COCc1cccc(C(O)CNC2CC2)c1.